The Morgan fingerprint density at radius 1 is 1.29 bits per heavy atom. The third kappa shape index (κ3) is 3.76. The molecule has 5 nitrogen and oxygen atoms in total. The molecule has 0 aliphatic heterocycles. The van der Waals surface area contributed by atoms with Crippen molar-refractivity contribution >= 4 is 28.8 Å². The number of amides is 1. The van der Waals surface area contributed by atoms with Gasteiger partial charge in [-0.2, -0.15) is 0 Å². The molecule has 0 spiro atoms. The van der Waals surface area contributed by atoms with Crippen LogP contribution in [0.1, 0.15) is 11.3 Å². The van der Waals surface area contributed by atoms with Gasteiger partial charge < -0.3 is 15.6 Å². The second-order valence-electron chi connectivity index (χ2n) is 4.58. The molecule has 108 valence electrons. The van der Waals surface area contributed by atoms with Crippen LogP contribution in [0.5, 0.6) is 0 Å². The van der Waals surface area contributed by atoms with Gasteiger partial charge in [0.05, 0.1) is 0 Å². The Morgan fingerprint density at radius 3 is 2.67 bits per heavy atom. The van der Waals surface area contributed by atoms with Gasteiger partial charge in [-0.1, -0.05) is 30.4 Å². The second-order valence-corrected chi connectivity index (χ2v) is 5.02. The number of carbonyl (C=O) groups excluding carboxylic acids is 1. The number of anilines is 1. The molecule has 0 saturated heterocycles. The summed E-state index contributed by atoms with van der Waals surface area (Å²) in [5.74, 6) is -0.286. The molecule has 2 rings (SSSR count). The van der Waals surface area contributed by atoms with Crippen LogP contribution >= 0.6 is 12.2 Å². The van der Waals surface area contributed by atoms with Crippen molar-refractivity contribution in [1.29, 1.82) is 0 Å². The molecular weight excluding hydrogens is 286 g/mol. The minimum absolute atomic E-state index is 0.0389. The Labute approximate surface area is 127 Å². The fourth-order valence-electron chi connectivity index (χ4n) is 1.92. The van der Waals surface area contributed by atoms with Gasteiger partial charge in [0.2, 0.25) is 5.91 Å². The second kappa shape index (κ2) is 6.32. The largest absolute Gasteiger partial charge is 0.389 e. The van der Waals surface area contributed by atoms with Crippen molar-refractivity contribution in [3.63, 3.8) is 0 Å². The van der Waals surface area contributed by atoms with Crippen LogP contribution in [0.3, 0.4) is 0 Å². The number of pyridine rings is 1. The van der Waals surface area contributed by atoms with E-state index in [1.807, 2.05) is 0 Å². The summed E-state index contributed by atoms with van der Waals surface area (Å²) < 4.78 is 1.41. The molecule has 0 aliphatic carbocycles. The van der Waals surface area contributed by atoms with Crippen LogP contribution in [0.25, 0.3) is 0 Å². The van der Waals surface area contributed by atoms with Gasteiger partial charge in [0.1, 0.15) is 11.5 Å². The zero-order chi connectivity index (χ0) is 15.4. The first-order chi connectivity index (χ1) is 9.97. The van der Waals surface area contributed by atoms with Gasteiger partial charge in [-0.3, -0.25) is 9.59 Å². The predicted molar refractivity (Wildman–Crippen MR) is 86.4 cm³/mol. The van der Waals surface area contributed by atoms with Gasteiger partial charge in [-0.25, -0.2) is 0 Å². The summed E-state index contributed by atoms with van der Waals surface area (Å²) >= 11 is 4.89. The number of aromatic nitrogens is 1. The number of carbonyl (C=O) groups is 1. The van der Waals surface area contributed by atoms with Crippen LogP contribution in [0.15, 0.2) is 47.3 Å². The van der Waals surface area contributed by atoms with E-state index in [1.54, 1.807) is 43.3 Å². The lowest BCUT2D eigenvalue weighted by Gasteiger charge is -2.10. The summed E-state index contributed by atoms with van der Waals surface area (Å²) in [7, 11) is 0. The van der Waals surface area contributed by atoms with E-state index in [0.29, 0.717) is 11.3 Å². The van der Waals surface area contributed by atoms with Crippen LogP contribution < -0.4 is 16.6 Å². The summed E-state index contributed by atoms with van der Waals surface area (Å²) in [5, 5.41) is 2.73. The maximum atomic E-state index is 12.0. The van der Waals surface area contributed by atoms with Gasteiger partial charge in [-0.05, 0) is 25.1 Å². The van der Waals surface area contributed by atoms with E-state index in [0.717, 1.165) is 5.69 Å². The van der Waals surface area contributed by atoms with Crippen molar-refractivity contribution in [1.82, 2.24) is 4.57 Å². The Balaban J connectivity index is 2.14. The summed E-state index contributed by atoms with van der Waals surface area (Å²) in [6.07, 6.45) is 0. The molecule has 1 aromatic heterocycles. The van der Waals surface area contributed by atoms with E-state index in [9.17, 15) is 9.59 Å². The lowest BCUT2D eigenvalue weighted by atomic mass is 10.2. The number of nitrogens with zero attached hydrogens (tertiary/aromatic N) is 1. The molecule has 21 heavy (non-hydrogen) atoms. The molecule has 0 radical (unpaired) electrons. The molecule has 1 heterocycles. The first-order valence-electron chi connectivity index (χ1n) is 6.33. The zero-order valence-electron chi connectivity index (χ0n) is 11.5. The maximum Gasteiger partial charge on any atom is 0.251 e. The number of aryl methyl sites for hydroxylation is 1. The highest BCUT2D eigenvalue weighted by Crippen LogP contribution is 2.10. The molecule has 2 aromatic rings. The molecule has 3 N–H and O–H groups in total. The first kappa shape index (κ1) is 14.9. The highest BCUT2D eigenvalue weighted by molar-refractivity contribution is 7.80. The fraction of sp³-hybridized carbons (Fsp3) is 0.133. The number of rotatable bonds is 4. The quantitative estimate of drug-likeness (QED) is 0.838. The van der Waals surface area contributed by atoms with Crippen molar-refractivity contribution in [3.8, 4) is 0 Å². The minimum Gasteiger partial charge on any atom is -0.389 e. The van der Waals surface area contributed by atoms with E-state index >= 15 is 0 Å². The van der Waals surface area contributed by atoms with E-state index < -0.39 is 0 Å². The number of benzene rings is 1. The van der Waals surface area contributed by atoms with Crippen molar-refractivity contribution in [3.05, 3.63) is 64.1 Å². The minimum atomic E-state index is -0.286. The summed E-state index contributed by atoms with van der Waals surface area (Å²) in [5.41, 5.74) is 7.34. The Kier molecular flexibility index (Phi) is 4.49. The van der Waals surface area contributed by atoms with Gasteiger partial charge in [-0.15, -0.1) is 0 Å². The monoisotopic (exact) mass is 301 g/mol. The van der Waals surface area contributed by atoms with E-state index in [-0.39, 0.29) is 23.0 Å². The molecule has 0 bridgehead atoms. The van der Waals surface area contributed by atoms with E-state index in [2.05, 4.69) is 5.32 Å². The molecule has 1 amide bonds. The molecule has 0 atom stereocenters. The van der Waals surface area contributed by atoms with E-state index in [1.165, 1.54) is 10.6 Å². The predicted octanol–water partition coefficient (Wildman–Crippen LogP) is 1.43. The first-order valence-corrected chi connectivity index (χ1v) is 6.74. The number of thiocarbonyl (C=S) groups is 1. The zero-order valence-corrected chi connectivity index (χ0v) is 12.3. The lowest BCUT2D eigenvalue weighted by molar-refractivity contribution is -0.116. The standard InChI is InChI=1S/C15H15N3O2S/c1-10-4-2-7-14(20)18(10)9-13(19)17-12-6-3-5-11(8-12)15(16)21/h2-8H,9H2,1H3,(H2,16,21)(H,17,19). The molecule has 0 unspecified atom stereocenters. The Hall–Kier alpha value is -2.47. The number of nitrogens with two attached hydrogens (primary N) is 1. The molecule has 1 aromatic carbocycles. The third-order valence-electron chi connectivity index (χ3n) is 3.00. The van der Waals surface area contributed by atoms with Crippen molar-refractivity contribution in [2.24, 2.45) is 5.73 Å². The molecule has 0 aliphatic rings. The van der Waals surface area contributed by atoms with Crippen LogP contribution in [0.2, 0.25) is 0 Å². The highest BCUT2D eigenvalue weighted by Gasteiger charge is 2.07. The molecular formula is C15H15N3O2S. The van der Waals surface area contributed by atoms with Crippen molar-refractivity contribution in [2.75, 3.05) is 5.32 Å². The molecule has 6 heteroatoms. The summed E-state index contributed by atoms with van der Waals surface area (Å²) in [6.45, 7) is 1.74. The van der Waals surface area contributed by atoms with Crippen LogP contribution in [0, 0.1) is 6.92 Å². The van der Waals surface area contributed by atoms with Crippen molar-refractivity contribution < 1.29 is 4.79 Å². The normalized spacial score (nSPS) is 10.1. The van der Waals surface area contributed by atoms with Gasteiger partial charge in [0.15, 0.2) is 0 Å². The SMILES string of the molecule is Cc1cccc(=O)n1CC(=O)Nc1cccc(C(N)=S)c1. The maximum absolute atomic E-state index is 12.0. The summed E-state index contributed by atoms with van der Waals surface area (Å²) in [6, 6.07) is 11.8. The average Bonchev–Trinajstić information content (AvgIpc) is 2.43. The number of nitrogens with one attached hydrogen (secondary N) is 1. The Morgan fingerprint density at radius 2 is 2.00 bits per heavy atom. The lowest BCUT2D eigenvalue weighted by Crippen LogP contribution is -2.28. The Bertz CT molecular complexity index is 753. The summed E-state index contributed by atoms with van der Waals surface area (Å²) in [4.78, 5) is 24.0. The number of hydrogen-bond acceptors (Lipinski definition) is 3. The average molecular weight is 301 g/mol. The molecule has 0 saturated carbocycles. The van der Waals surface area contributed by atoms with Gasteiger partial charge >= 0.3 is 0 Å². The smallest absolute Gasteiger partial charge is 0.251 e. The third-order valence-corrected chi connectivity index (χ3v) is 3.24. The number of hydrogen-bond donors (Lipinski definition) is 2. The van der Waals surface area contributed by atoms with E-state index in [4.69, 9.17) is 18.0 Å². The van der Waals surface area contributed by atoms with Crippen LogP contribution in [0.4, 0.5) is 5.69 Å². The van der Waals surface area contributed by atoms with Crippen molar-refractivity contribution in [2.45, 2.75) is 13.5 Å². The van der Waals surface area contributed by atoms with Gasteiger partial charge in [0, 0.05) is 23.0 Å². The van der Waals surface area contributed by atoms with Crippen LogP contribution in [-0.4, -0.2) is 15.5 Å². The topological polar surface area (TPSA) is 77.1 Å². The van der Waals surface area contributed by atoms with Gasteiger partial charge in [0.25, 0.3) is 5.56 Å². The highest BCUT2D eigenvalue weighted by atomic mass is 32.1. The molecule has 0 fully saturated rings. The van der Waals surface area contributed by atoms with Crippen LogP contribution in [-0.2, 0) is 11.3 Å². The fourth-order valence-corrected chi connectivity index (χ4v) is 2.05.